The monoisotopic (exact) mass is 285 g/mol. The van der Waals surface area contributed by atoms with Gasteiger partial charge in [0.1, 0.15) is 11.6 Å². The highest BCUT2D eigenvalue weighted by atomic mass is 15.2. The second kappa shape index (κ2) is 6.26. The molecule has 0 unspecified atom stereocenters. The molecule has 5 heteroatoms. The first kappa shape index (κ1) is 14.1. The second-order valence-corrected chi connectivity index (χ2v) is 5.89. The van der Waals surface area contributed by atoms with Crippen LogP contribution in [0.3, 0.4) is 0 Å². The van der Waals surface area contributed by atoms with Crippen LogP contribution in [-0.4, -0.2) is 39.1 Å². The van der Waals surface area contributed by atoms with Crippen LogP contribution in [0.15, 0.2) is 30.6 Å². The summed E-state index contributed by atoms with van der Waals surface area (Å²) in [5.41, 5.74) is 1.06. The van der Waals surface area contributed by atoms with Crippen LogP contribution in [0.5, 0.6) is 0 Å². The molecule has 1 saturated heterocycles. The SMILES string of the molecule is Cc1cccc(NC[C@H]2CCN(Cc3nccn3C)C2)n1. The van der Waals surface area contributed by atoms with Gasteiger partial charge in [0.15, 0.2) is 0 Å². The van der Waals surface area contributed by atoms with Crippen molar-refractivity contribution in [1.29, 1.82) is 0 Å². The number of nitrogens with one attached hydrogen (secondary N) is 1. The molecule has 21 heavy (non-hydrogen) atoms. The van der Waals surface area contributed by atoms with Crippen LogP contribution in [0.1, 0.15) is 17.9 Å². The fraction of sp³-hybridized carbons (Fsp3) is 0.500. The first-order chi connectivity index (χ1) is 10.2. The smallest absolute Gasteiger partial charge is 0.126 e. The zero-order chi connectivity index (χ0) is 14.7. The molecule has 2 aromatic rings. The molecule has 5 nitrogen and oxygen atoms in total. The third kappa shape index (κ3) is 3.61. The summed E-state index contributed by atoms with van der Waals surface area (Å²) in [6.45, 7) is 6.25. The summed E-state index contributed by atoms with van der Waals surface area (Å²) < 4.78 is 2.10. The predicted molar refractivity (Wildman–Crippen MR) is 84.1 cm³/mol. The topological polar surface area (TPSA) is 46.0 Å². The molecule has 0 radical (unpaired) electrons. The number of imidazole rings is 1. The van der Waals surface area contributed by atoms with E-state index in [1.807, 2.05) is 37.5 Å². The van der Waals surface area contributed by atoms with Gasteiger partial charge in [-0.15, -0.1) is 0 Å². The maximum atomic E-state index is 4.49. The molecule has 0 aliphatic carbocycles. The third-order valence-electron chi connectivity index (χ3n) is 4.12. The van der Waals surface area contributed by atoms with E-state index in [0.717, 1.165) is 43.5 Å². The Morgan fingerprint density at radius 2 is 2.29 bits per heavy atom. The molecule has 3 heterocycles. The average Bonchev–Trinajstić information content (AvgIpc) is 3.07. The molecule has 112 valence electrons. The van der Waals surface area contributed by atoms with Crippen molar-refractivity contribution in [2.75, 3.05) is 25.0 Å². The van der Waals surface area contributed by atoms with Crippen molar-refractivity contribution in [3.05, 3.63) is 42.1 Å². The lowest BCUT2D eigenvalue weighted by atomic mass is 10.1. The summed E-state index contributed by atoms with van der Waals surface area (Å²) in [5, 5.41) is 3.46. The second-order valence-electron chi connectivity index (χ2n) is 5.89. The minimum Gasteiger partial charge on any atom is -0.370 e. The molecular weight excluding hydrogens is 262 g/mol. The van der Waals surface area contributed by atoms with Gasteiger partial charge in [0.05, 0.1) is 6.54 Å². The minimum absolute atomic E-state index is 0.688. The summed E-state index contributed by atoms with van der Waals surface area (Å²) in [4.78, 5) is 11.4. The lowest BCUT2D eigenvalue weighted by Crippen LogP contribution is -2.24. The minimum atomic E-state index is 0.688. The molecule has 2 aromatic heterocycles. The normalized spacial score (nSPS) is 19.0. The molecule has 1 fully saturated rings. The summed E-state index contributed by atoms with van der Waals surface area (Å²) in [6.07, 6.45) is 5.12. The number of rotatable bonds is 5. The van der Waals surface area contributed by atoms with E-state index >= 15 is 0 Å². The van der Waals surface area contributed by atoms with Crippen molar-refractivity contribution in [3.8, 4) is 0 Å². The molecule has 1 N–H and O–H groups in total. The van der Waals surface area contributed by atoms with E-state index in [9.17, 15) is 0 Å². The van der Waals surface area contributed by atoms with Gasteiger partial charge in [-0.05, 0) is 37.9 Å². The first-order valence-corrected chi connectivity index (χ1v) is 7.57. The highest BCUT2D eigenvalue weighted by molar-refractivity contribution is 5.35. The quantitative estimate of drug-likeness (QED) is 0.913. The van der Waals surface area contributed by atoms with E-state index in [2.05, 4.69) is 31.8 Å². The molecule has 1 atom stereocenters. The number of pyridine rings is 1. The molecule has 0 spiro atoms. The Labute approximate surface area is 126 Å². The largest absolute Gasteiger partial charge is 0.370 e. The predicted octanol–water partition coefficient (Wildman–Crippen LogP) is 2.06. The van der Waals surface area contributed by atoms with Crippen molar-refractivity contribution < 1.29 is 0 Å². The number of nitrogens with zero attached hydrogens (tertiary/aromatic N) is 4. The van der Waals surface area contributed by atoms with Crippen LogP contribution in [0, 0.1) is 12.8 Å². The van der Waals surface area contributed by atoms with Crippen molar-refractivity contribution in [2.24, 2.45) is 13.0 Å². The number of hydrogen-bond acceptors (Lipinski definition) is 4. The number of hydrogen-bond donors (Lipinski definition) is 1. The summed E-state index contributed by atoms with van der Waals surface area (Å²) in [7, 11) is 2.06. The summed E-state index contributed by atoms with van der Waals surface area (Å²) in [5.74, 6) is 2.81. The first-order valence-electron chi connectivity index (χ1n) is 7.57. The maximum Gasteiger partial charge on any atom is 0.126 e. The lowest BCUT2D eigenvalue weighted by Gasteiger charge is -2.16. The Bertz CT molecular complexity index is 592. The Kier molecular flexibility index (Phi) is 4.20. The molecule has 0 amide bonds. The van der Waals surface area contributed by atoms with Gasteiger partial charge < -0.3 is 9.88 Å². The zero-order valence-corrected chi connectivity index (χ0v) is 12.8. The molecule has 0 bridgehead atoms. The number of aromatic nitrogens is 3. The van der Waals surface area contributed by atoms with E-state index in [4.69, 9.17) is 0 Å². The van der Waals surface area contributed by atoms with Crippen LogP contribution < -0.4 is 5.32 Å². The van der Waals surface area contributed by atoms with Gasteiger partial charge in [-0.2, -0.15) is 0 Å². The van der Waals surface area contributed by atoms with E-state index in [1.165, 1.54) is 6.42 Å². The molecule has 0 saturated carbocycles. The van der Waals surface area contributed by atoms with Gasteiger partial charge in [-0.25, -0.2) is 9.97 Å². The summed E-state index contributed by atoms with van der Waals surface area (Å²) in [6, 6.07) is 6.11. The molecule has 1 aliphatic rings. The van der Waals surface area contributed by atoms with Gasteiger partial charge >= 0.3 is 0 Å². The lowest BCUT2D eigenvalue weighted by molar-refractivity contribution is 0.307. The van der Waals surface area contributed by atoms with Gasteiger partial charge in [0.2, 0.25) is 0 Å². The van der Waals surface area contributed by atoms with Gasteiger partial charge in [-0.3, -0.25) is 4.90 Å². The van der Waals surface area contributed by atoms with Crippen LogP contribution in [-0.2, 0) is 13.6 Å². The van der Waals surface area contributed by atoms with Crippen LogP contribution in [0.4, 0.5) is 5.82 Å². The van der Waals surface area contributed by atoms with Crippen LogP contribution in [0.25, 0.3) is 0 Å². The van der Waals surface area contributed by atoms with E-state index < -0.39 is 0 Å². The maximum absolute atomic E-state index is 4.49. The Balaban J connectivity index is 1.47. The standard InChI is InChI=1S/C16H23N5/c1-13-4-3-5-15(19-13)18-10-14-6-8-21(11-14)12-16-17-7-9-20(16)2/h3-5,7,9,14H,6,8,10-12H2,1-2H3,(H,18,19)/t14-/m1/s1. The van der Waals surface area contributed by atoms with E-state index in [0.29, 0.717) is 5.92 Å². The Morgan fingerprint density at radius 1 is 1.38 bits per heavy atom. The Morgan fingerprint density at radius 3 is 3.05 bits per heavy atom. The third-order valence-corrected chi connectivity index (χ3v) is 4.12. The highest BCUT2D eigenvalue weighted by Crippen LogP contribution is 2.18. The fourth-order valence-corrected chi connectivity index (χ4v) is 2.86. The Hall–Kier alpha value is -1.88. The molecule has 1 aliphatic heterocycles. The van der Waals surface area contributed by atoms with Crippen molar-refractivity contribution in [2.45, 2.75) is 19.9 Å². The van der Waals surface area contributed by atoms with Gasteiger partial charge in [-0.1, -0.05) is 6.07 Å². The van der Waals surface area contributed by atoms with Crippen LogP contribution in [0.2, 0.25) is 0 Å². The molecular formula is C16H23N5. The summed E-state index contributed by atoms with van der Waals surface area (Å²) >= 11 is 0. The number of anilines is 1. The van der Waals surface area contributed by atoms with Crippen molar-refractivity contribution in [3.63, 3.8) is 0 Å². The molecule has 0 aromatic carbocycles. The number of likely N-dealkylation sites (tertiary alicyclic amines) is 1. The molecule has 3 rings (SSSR count). The highest BCUT2D eigenvalue weighted by Gasteiger charge is 2.23. The van der Waals surface area contributed by atoms with Crippen LogP contribution >= 0.6 is 0 Å². The van der Waals surface area contributed by atoms with E-state index in [-0.39, 0.29) is 0 Å². The van der Waals surface area contributed by atoms with E-state index in [1.54, 1.807) is 0 Å². The van der Waals surface area contributed by atoms with Crippen molar-refractivity contribution >= 4 is 5.82 Å². The van der Waals surface area contributed by atoms with Gasteiger partial charge in [0.25, 0.3) is 0 Å². The average molecular weight is 285 g/mol. The van der Waals surface area contributed by atoms with Gasteiger partial charge in [0, 0.05) is 38.2 Å². The van der Waals surface area contributed by atoms with Crippen molar-refractivity contribution in [1.82, 2.24) is 19.4 Å². The zero-order valence-electron chi connectivity index (χ0n) is 12.8. The fourth-order valence-electron chi connectivity index (χ4n) is 2.86. The number of aryl methyl sites for hydroxylation is 2.